The second-order valence-electron chi connectivity index (χ2n) is 19.6. The molecule has 0 unspecified atom stereocenters. The van der Waals surface area contributed by atoms with Crippen LogP contribution in [0.25, 0.3) is 33.4 Å². The molecule has 0 aliphatic carbocycles. The molecular formula is C54H73ClN6O6. The van der Waals surface area contributed by atoms with Gasteiger partial charge < -0.3 is 19.7 Å². The van der Waals surface area contributed by atoms with Gasteiger partial charge in [0.1, 0.15) is 44.9 Å². The van der Waals surface area contributed by atoms with Crippen LogP contribution in [0.3, 0.4) is 0 Å². The highest BCUT2D eigenvalue weighted by Crippen LogP contribution is 2.38. The number of aromatic hydroxyl groups is 2. The number of benzene rings is 4. The van der Waals surface area contributed by atoms with Crippen LogP contribution in [0, 0.1) is 0 Å². The molecule has 0 spiro atoms. The first kappa shape index (κ1) is 52.5. The summed E-state index contributed by atoms with van der Waals surface area (Å²) < 4.78 is 10.9. The van der Waals surface area contributed by atoms with Crippen LogP contribution in [-0.4, -0.2) is 65.4 Å². The number of phenols is 2. The van der Waals surface area contributed by atoms with Crippen LogP contribution in [0.4, 0.5) is 0 Å². The Labute approximate surface area is 402 Å². The Morgan fingerprint density at radius 2 is 0.925 bits per heavy atom. The first-order valence-corrected chi connectivity index (χ1v) is 24.8. The minimum Gasteiger partial charge on any atom is -0.505 e. The quantitative estimate of drug-likeness (QED) is 0.0496. The number of hydrogen-bond acceptors (Lipinski definition) is 10. The third-order valence-electron chi connectivity index (χ3n) is 11.7. The Balaban J connectivity index is 0.000000251. The maximum atomic E-state index is 12.3. The fourth-order valence-corrected chi connectivity index (χ4v) is 7.99. The Hall–Kier alpha value is -5.49. The van der Waals surface area contributed by atoms with Crippen molar-refractivity contribution in [2.45, 2.75) is 169 Å². The van der Waals surface area contributed by atoms with Crippen molar-refractivity contribution in [2.24, 2.45) is 0 Å². The molecule has 0 aliphatic heterocycles. The molecule has 0 aliphatic rings. The zero-order valence-corrected chi connectivity index (χ0v) is 41.9. The average molecular weight is 938 g/mol. The van der Waals surface area contributed by atoms with Crippen molar-refractivity contribution >= 4 is 45.6 Å². The van der Waals surface area contributed by atoms with Crippen LogP contribution >= 0.6 is 11.6 Å². The lowest BCUT2D eigenvalue weighted by molar-refractivity contribution is -0.144. The van der Waals surface area contributed by atoms with Crippen LogP contribution in [-0.2, 0) is 42.7 Å². The van der Waals surface area contributed by atoms with E-state index in [0.717, 1.165) is 59.0 Å². The number of rotatable bonds is 22. The lowest BCUT2D eigenvalue weighted by atomic mass is 9.84. The number of phenolic OH excluding ortho intramolecular Hbond substituents is 2. The van der Waals surface area contributed by atoms with E-state index in [4.69, 9.17) is 21.1 Å². The smallest absolute Gasteiger partial charge is 0.306 e. The standard InChI is InChI=1S/C27H36ClN3O3.C27H37N3O3/c1-5-6-7-8-9-10-15-34-25(32)14-11-19-16-21(27(2,3)4)26(33)24(17-19)31-29-22-13-12-20(28)18-23(22)30-31;1-5-6-7-8-9-12-17-33-25(31)16-15-20-18-21(27(2,3)4)26(32)24(19-20)30-28-22-13-10-11-14-23(22)29-30/h12-13,16-18,33H,5-11,14-15H2,1-4H3;10-11,13-14,18-19,32H,5-9,12,15-17H2,1-4H3. The molecule has 0 saturated heterocycles. The topological polar surface area (TPSA) is 154 Å². The predicted molar refractivity (Wildman–Crippen MR) is 269 cm³/mol. The van der Waals surface area contributed by atoms with Crippen LogP contribution in [0.2, 0.25) is 5.02 Å². The largest absolute Gasteiger partial charge is 0.505 e. The first-order chi connectivity index (χ1) is 32.0. The second kappa shape index (κ2) is 25.0. The molecule has 4 aromatic carbocycles. The number of esters is 2. The van der Waals surface area contributed by atoms with Gasteiger partial charge in [0.2, 0.25) is 0 Å². The highest BCUT2D eigenvalue weighted by molar-refractivity contribution is 6.31. The Morgan fingerprint density at radius 1 is 0.537 bits per heavy atom. The zero-order valence-electron chi connectivity index (χ0n) is 41.2. The number of fused-ring (bicyclic) bond motifs is 2. The van der Waals surface area contributed by atoms with Crippen molar-refractivity contribution in [3.63, 3.8) is 0 Å². The summed E-state index contributed by atoms with van der Waals surface area (Å²) >= 11 is 6.09. The van der Waals surface area contributed by atoms with E-state index < -0.39 is 0 Å². The number of aryl methyl sites for hydroxylation is 2. The highest BCUT2D eigenvalue weighted by Gasteiger charge is 2.25. The monoisotopic (exact) mass is 937 g/mol. The van der Waals surface area contributed by atoms with E-state index in [-0.39, 0.29) is 40.7 Å². The van der Waals surface area contributed by atoms with Gasteiger partial charge in [-0.3, -0.25) is 9.59 Å². The molecule has 0 radical (unpaired) electrons. The molecule has 362 valence electrons. The molecule has 0 fully saturated rings. The first-order valence-electron chi connectivity index (χ1n) is 24.4. The maximum Gasteiger partial charge on any atom is 0.306 e. The number of nitrogens with zero attached hydrogens (tertiary/aromatic N) is 6. The van der Waals surface area contributed by atoms with Gasteiger partial charge in [0.05, 0.1) is 13.2 Å². The molecule has 13 heteroatoms. The number of halogens is 1. The van der Waals surface area contributed by atoms with E-state index in [9.17, 15) is 19.8 Å². The maximum absolute atomic E-state index is 12.3. The summed E-state index contributed by atoms with van der Waals surface area (Å²) in [5.74, 6) is -0.0814. The molecule has 6 aromatic rings. The second-order valence-corrected chi connectivity index (χ2v) is 20.0. The number of aromatic nitrogens is 6. The minimum absolute atomic E-state index is 0.133. The number of carbonyl (C=O) groups excluding carboxylic acids is 2. The number of hydrogen-bond donors (Lipinski definition) is 2. The van der Waals surface area contributed by atoms with Crippen LogP contribution < -0.4 is 0 Å². The molecule has 2 aromatic heterocycles. The molecule has 0 saturated carbocycles. The highest BCUT2D eigenvalue weighted by atomic mass is 35.5. The Morgan fingerprint density at radius 3 is 1.34 bits per heavy atom. The summed E-state index contributed by atoms with van der Waals surface area (Å²) in [6.07, 6.45) is 15.6. The summed E-state index contributed by atoms with van der Waals surface area (Å²) in [5.41, 5.74) is 6.73. The number of carbonyl (C=O) groups is 2. The van der Waals surface area contributed by atoms with Gasteiger partial charge >= 0.3 is 11.9 Å². The van der Waals surface area contributed by atoms with Gasteiger partial charge in [0, 0.05) is 29.0 Å². The normalized spacial score (nSPS) is 11.8. The Bertz CT molecular complexity index is 2500. The lowest BCUT2D eigenvalue weighted by Crippen LogP contribution is -2.14. The summed E-state index contributed by atoms with van der Waals surface area (Å²) in [4.78, 5) is 27.5. The van der Waals surface area contributed by atoms with Crippen molar-refractivity contribution in [2.75, 3.05) is 13.2 Å². The zero-order chi connectivity index (χ0) is 48.6. The van der Waals surface area contributed by atoms with Crippen molar-refractivity contribution in [3.05, 3.63) is 94.0 Å². The molecule has 0 atom stereocenters. The molecule has 67 heavy (non-hydrogen) atoms. The van der Waals surface area contributed by atoms with E-state index in [0.29, 0.717) is 59.9 Å². The van der Waals surface area contributed by atoms with E-state index in [1.54, 1.807) is 18.2 Å². The average Bonchev–Trinajstić information content (AvgIpc) is 3.91. The molecule has 0 bridgehead atoms. The number of unbranched alkanes of at least 4 members (excludes halogenated alkanes) is 10. The van der Waals surface area contributed by atoms with Crippen molar-refractivity contribution in [1.29, 1.82) is 0 Å². The fraction of sp³-hybridized carbons (Fsp3) is 0.519. The van der Waals surface area contributed by atoms with Gasteiger partial charge in [-0.2, -0.15) is 0 Å². The van der Waals surface area contributed by atoms with Gasteiger partial charge in [-0.05, 0) is 90.1 Å². The summed E-state index contributed by atoms with van der Waals surface area (Å²) in [6.45, 7) is 17.6. The molecule has 2 heterocycles. The third kappa shape index (κ3) is 15.8. The van der Waals surface area contributed by atoms with Crippen LogP contribution in [0.15, 0.2) is 66.7 Å². The predicted octanol–water partition coefficient (Wildman–Crippen LogP) is 13.2. The molecule has 2 N–H and O–H groups in total. The molecular weight excluding hydrogens is 864 g/mol. The summed E-state index contributed by atoms with van der Waals surface area (Å²) in [7, 11) is 0. The van der Waals surface area contributed by atoms with Gasteiger partial charge in [0.25, 0.3) is 0 Å². The van der Waals surface area contributed by atoms with Gasteiger partial charge in [-0.1, -0.05) is 155 Å². The number of ether oxygens (including phenoxy) is 2. The van der Waals surface area contributed by atoms with Crippen molar-refractivity contribution in [3.8, 4) is 22.9 Å². The lowest BCUT2D eigenvalue weighted by Gasteiger charge is -2.23. The SMILES string of the molecule is CCCCCCCCOC(=O)CCc1cc(-n2nc3ccc(Cl)cc3n2)c(O)c(C(C)(C)C)c1.CCCCCCCCOC(=O)CCc1cc(-n2nc3ccccc3n2)c(O)c(C(C)(C)C)c1. The molecule has 0 amide bonds. The minimum atomic E-state index is -0.303. The third-order valence-corrected chi connectivity index (χ3v) is 12.0. The van der Waals surface area contributed by atoms with Crippen molar-refractivity contribution < 1.29 is 29.3 Å². The molecule has 12 nitrogen and oxygen atoms in total. The van der Waals surface area contributed by atoms with E-state index >= 15 is 0 Å². The van der Waals surface area contributed by atoms with Gasteiger partial charge in [0.15, 0.2) is 0 Å². The summed E-state index contributed by atoms with van der Waals surface area (Å²) in [6, 6.07) is 20.5. The van der Waals surface area contributed by atoms with E-state index in [2.05, 4.69) is 55.0 Å². The fourth-order valence-electron chi connectivity index (χ4n) is 7.83. The molecule has 6 rings (SSSR count). The van der Waals surface area contributed by atoms with Crippen LogP contribution in [0.5, 0.6) is 11.5 Å². The van der Waals surface area contributed by atoms with E-state index in [1.165, 1.54) is 61.0 Å². The van der Waals surface area contributed by atoms with E-state index in [1.807, 2.05) is 69.3 Å². The summed E-state index contributed by atoms with van der Waals surface area (Å²) in [5, 5.41) is 40.8. The Kier molecular flexibility index (Phi) is 19.6. The van der Waals surface area contributed by atoms with Crippen molar-refractivity contribution in [1.82, 2.24) is 30.0 Å². The van der Waals surface area contributed by atoms with Gasteiger partial charge in [-0.15, -0.1) is 30.0 Å². The van der Waals surface area contributed by atoms with Crippen LogP contribution in [0.1, 0.15) is 168 Å². The van der Waals surface area contributed by atoms with Gasteiger partial charge in [-0.25, -0.2) is 0 Å².